The Kier molecular flexibility index (Phi) is 3.93. The Morgan fingerprint density at radius 1 is 0.824 bits per heavy atom. The van der Waals surface area contributed by atoms with Crippen LogP contribution in [-0.2, 0) is 0 Å². The molecule has 1 N–H and O–H groups in total. The van der Waals surface area contributed by atoms with Gasteiger partial charge in [-0.2, -0.15) is 0 Å². The van der Waals surface area contributed by atoms with Crippen molar-refractivity contribution in [1.82, 2.24) is 0 Å². The van der Waals surface area contributed by atoms with Crippen LogP contribution in [0.2, 0.25) is 10.0 Å². The SMILES string of the molecule is CC(Nc1ccc(Cl)cc1)c1ccc(Cl)cc1. The van der Waals surface area contributed by atoms with E-state index in [1.807, 2.05) is 48.5 Å². The number of halogens is 2. The third-order valence-electron chi connectivity index (χ3n) is 2.60. The minimum atomic E-state index is 0.230. The van der Waals surface area contributed by atoms with E-state index in [0.29, 0.717) is 0 Å². The molecule has 0 heterocycles. The monoisotopic (exact) mass is 265 g/mol. The van der Waals surface area contributed by atoms with Gasteiger partial charge in [-0.3, -0.25) is 0 Å². The van der Waals surface area contributed by atoms with Gasteiger partial charge in [-0.05, 0) is 48.9 Å². The molecular formula is C14H13Cl2N. The zero-order valence-electron chi connectivity index (χ0n) is 9.45. The number of hydrogen-bond acceptors (Lipinski definition) is 1. The fourth-order valence-corrected chi connectivity index (χ4v) is 1.88. The van der Waals surface area contributed by atoms with Gasteiger partial charge in [-0.1, -0.05) is 35.3 Å². The van der Waals surface area contributed by atoms with E-state index in [1.165, 1.54) is 5.56 Å². The highest BCUT2D eigenvalue weighted by Gasteiger charge is 2.04. The van der Waals surface area contributed by atoms with E-state index in [0.717, 1.165) is 15.7 Å². The summed E-state index contributed by atoms with van der Waals surface area (Å²) >= 11 is 11.7. The van der Waals surface area contributed by atoms with Gasteiger partial charge in [0.2, 0.25) is 0 Å². The first-order valence-electron chi connectivity index (χ1n) is 5.43. The zero-order chi connectivity index (χ0) is 12.3. The average Bonchev–Trinajstić information content (AvgIpc) is 2.33. The lowest BCUT2D eigenvalue weighted by molar-refractivity contribution is 0.885. The molecule has 0 fully saturated rings. The summed E-state index contributed by atoms with van der Waals surface area (Å²) in [6, 6.07) is 15.8. The smallest absolute Gasteiger partial charge is 0.0485 e. The summed E-state index contributed by atoms with van der Waals surface area (Å²) < 4.78 is 0. The molecule has 0 aliphatic carbocycles. The third-order valence-corrected chi connectivity index (χ3v) is 3.10. The molecule has 0 spiro atoms. The first-order chi connectivity index (χ1) is 8.15. The zero-order valence-corrected chi connectivity index (χ0v) is 11.0. The maximum Gasteiger partial charge on any atom is 0.0485 e. The van der Waals surface area contributed by atoms with E-state index < -0.39 is 0 Å². The van der Waals surface area contributed by atoms with Gasteiger partial charge < -0.3 is 5.32 Å². The summed E-state index contributed by atoms with van der Waals surface area (Å²) in [5.41, 5.74) is 2.25. The molecule has 0 aromatic heterocycles. The van der Waals surface area contributed by atoms with E-state index in [4.69, 9.17) is 23.2 Å². The van der Waals surface area contributed by atoms with Gasteiger partial charge in [-0.15, -0.1) is 0 Å². The topological polar surface area (TPSA) is 12.0 Å². The molecule has 1 unspecified atom stereocenters. The lowest BCUT2D eigenvalue weighted by atomic mass is 10.1. The molecular weight excluding hydrogens is 253 g/mol. The maximum atomic E-state index is 5.86. The van der Waals surface area contributed by atoms with Crippen LogP contribution in [0.1, 0.15) is 18.5 Å². The molecule has 88 valence electrons. The van der Waals surface area contributed by atoms with Crippen LogP contribution in [0.5, 0.6) is 0 Å². The van der Waals surface area contributed by atoms with E-state index >= 15 is 0 Å². The van der Waals surface area contributed by atoms with Crippen molar-refractivity contribution in [3.63, 3.8) is 0 Å². The molecule has 1 atom stereocenters. The fraction of sp³-hybridized carbons (Fsp3) is 0.143. The first-order valence-corrected chi connectivity index (χ1v) is 6.18. The maximum absolute atomic E-state index is 5.86. The van der Waals surface area contributed by atoms with Gasteiger partial charge in [0, 0.05) is 21.8 Å². The van der Waals surface area contributed by atoms with Crippen LogP contribution in [0.25, 0.3) is 0 Å². The molecule has 0 bridgehead atoms. The van der Waals surface area contributed by atoms with Crippen LogP contribution in [0.15, 0.2) is 48.5 Å². The molecule has 17 heavy (non-hydrogen) atoms. The second kappa shape index (κ2) is 5.44. The Hall–Kier alpha value is -1.18. The summed E-state index contributed by atoms with van der Waals surface area (Å²) in [6.45, 7) is 2.11. The van der Waals surface area contributed by atoms with Gasteiger partial charge >= 0.3 is 0 Å². The van der Waals surface area contributed by atoms with Crippen LogP contribution in [0.3, 0.4) is 0 Å². The lowest BCUT2D eigenvalue weighted by Crippen LogP contribution is -2.06. The van der Waals surface area contributed by atoms with Crippen molar-refractivity contribution in [2.24, 2.45) is 0 Å². The molecule has 0 saturated heterocycles. The number of rotatable bonds is 3. The normalized spacial score (nSPS) is 12.2. The highest BCUT2D eigenvalue weighted by atomic mass is 35.5. The molecule has 2 aromatic carbocycles. The minimum Gasteiger partial charge on any atom is -0.379 e. The summed E-state index contributed by atoms with van der Waals surface area (Å²) in [7, 11) is 0. The van der Waals surface area contributed by atoms with Crippen molar-refractivity contribution in [2.75, 3.05) is 5.32 Å². The Morgan fingerprint density at radius 2 is 1.29 bits per heavy atom. The number of nitrogens with one attached hydrogen (secondary N) is 1. The summed E-state index contributed by atoms with van der Waals surface area (Å²) in [5, 5.41) is 4.91. The molecule has 2 rings (SSSR count). The van der Waals surface area contributed by atoms with Crippen LogP contribution in [-0.4, -0.2) is 0 Å². The molecule has 3 heteroatoms. The number of hydrogen-bond donors (Lipinski definition) is 1. The first kappa shape index (κ1) is 12.3. The quantitative estimate of drug-likeness (QED) is 0.808. The molecule has 0 aliphatic heterocycles. The molecule has 0 amide bonds. The summed E-state index contributed by atoms with van der Waals surface area (Å²) in [5.74, 6) is 0. The number of benzene rings is 2. The van der Waals surface area contributed by atoms with Crippen LogP contribution in [0, 0.1) is 0 Å². The van der Waals surface area contributed by atoms with Crippen molar-refractivity contribution in [2.45, 2.75) is 13.0 Å². The van der Waals surface area contributed by atoms with Crippen molar-refractivity contribution >= 4 is 28.9 Å². The Labute approximate surface area is 111 Å². The van der Waals surface area contributed by atoms with Crippen molar-refractivity contribution in [1.29, 1.82) is 0 Å². The Morgan fingerprint density at radius 3 is 1.82 bits per heavy atom. The molecule has 0 saturated carbocycles. The van der Waals surface area contributed by atoms with Gasteiger partial charge in [0.15, 0.2) is 0 Å². The largest absolute Gasteiger partial charge is 0.379 e. The van der Waals surface area contributed by atoms with E-state index in [1.54, 1.807) is 0 Å². The van der Waals surface area contributed by atoms with Gasteiger partial charge in [0.25, 0.3) is 0 Å². The summed E-state index contributed by atoms with van der Waals surface area (Å²) in [4.78, 5) is 0. The predicted molar refractivity (Wildman–Crippen MR) is 74.9 cm³/mol. The van der Waals surface area contributed by atoms with Crippen molar-refractivity contribution in [3.05, 3.63) is 64.1 Å². The second-order valence-corrected chi connectivity index (χ2v) is 4.80. The van der Waals surface area contributed by atoms with Gasteiger partial charge in [0.1, 0.15) is 0 Å². The van der Waals surface area contributed by atoms with E-state index in [2.05, 4.69) is 12.2 Å². The van der Waals surface area contributed by atoms with Crippen LogP contribution >= 0.6 is 23.2 Å². The Balaban J connectivity index is 2.08. The minimum absolute atomic E-state index is 0.230. The van der Waals surface area contributed by atoms with Crippen LogP contribution < -0.4 is 5.32 Å². The fourth-order valence-electron chi connectivity index (χ4n) is 1.63. The third kappa shape index (κ3) is 3.39. The molecule has 2 aromatic rings. The van der Waals surface area contributed by atoms with E-state index in [9.17, 15) is 0 Å². The second-order valence-electron chi connectivity index (χ2n) is 3.92. The lowest BCUT2D eigenvalue weighted by Gasteiger charge is -2.15. The van der Waals surface area contributed by atoms with Crippen molar-refractivity contribution < 1.29 is 0 Å². The average molecular weight is 266 g/mol. The molecule has 0 radical (unpaired) electrons. The van der Waals surface area contributed by atoms with Gasteiger partial charge in [0.05, 0.1) is 0 Å². The summed E-state index contributed by atoms with van der Waals surface area (Å²) in [6.07, 6.45) is 0. The highest BCUT2D eigenvalue weighted by Crippen LogP contribution is 2.21. The van der Waals surface area contributed by atoms with Gasteiger partial charge in [-0.25, -0.2) is 0 Å². The van der Waals surface area contributed by atoms with Crippen molar-refractivity contribution in [3.8, 4) is 0 Å². The van der Waals surface area contributed by atoms with Crippen LogP contribution in [0.4, 0.5) is 5.69 Å². The highest BCUT2D eigenvalue weighted by molar-refractivity contribution is 6.30. The van der Waals surface area contributed by atoms with E-state index in [-0.39, 0.29) is 6.04 Å². The molecule has 0 aliphatic rings. The number of anilines is 1. The Bertz CT molecular complexity index is 477. The predicted octanol–water partition coefficient (Wildman–Crippen LogP) is 5.17. The standard InChI is InChI=1S/C14H13Cl2N/c1-10(11-2-4-12(15)5-3-11)17-14-8-6-13(16)7-9-14/h2-10,17H,1H3. The molecule has 1 nitrogen and oxygen atoms in total.